The van der Waals surface area contributed by atoms with Crippen LogP contribution in [0.1, 0.15) is 17.9 Å². The van der Waals surface area contributed by atoms with E-state index in [4.69, 9.17) is 0 Å². The van der Waals surface area contributed by atoms with Gasteiger partial charge in [0.1, 0.15) is 5.82 Å². The summed E-state index contributed by atoms with van der Waals surface area (Å²) in [6.45, 7) is 0.988. The maximum absolute atomic E-state index is 13.0. The van der Waals surface area contributed by atoms with Crippen LogP contribution in [-0.2, 0) is 10.0 Å². The molecule has 1 aliphatic rings. The van der Waals surface area contributed by atoms with Crippen molar-refractivity contribution in [3.8, 4) is 0 Å². The van der Waals surface area contributed by atoms with Crippen molar-refractivity contribution in [1.82, 2.24) is 4.31 Å². The molecule has 0 spiro atoms. The Morgan fingerprint density at radius 2 is 2.19 bits per heavy atom. The van der Waals surface area contributed by atoms with E-state index in [0.29, 0.717) is 13.1 Å². The van der Waals surface area contributed by atoms with Gasteiger partial charge in [-0.25, -0.2) is 17.1 Å². The second kappa shape index (κ2) is 4.14. The molecule has 1 aromatic carbocycles. The van der Waals surface area contributed by atoms with Crippen molar-refractivity contribution in [2.24, 2.45) is 0 Å². The Bertz CT molecular complexity index is 487. The quantitative estimate of drug-likeness (QED) is 0.790. The highest BCUT2D eigenvalue weighted by Crippen LogP contribution is 2.28. The van der Waals surface area contributed by atoms with Gasteiger partial charge in [0.25, 0.3) is 0 Å². The summed E-state index contributed by atoms with van der Waals surface area (Å²) in [7, 11) is -3.11. The topological polar surface area (TPSA) is 37.4 Å². The Kier molecular flexibility index (Phi) is 2.99. The fourth-order valence-electron chi connectivity index (χ4n) is 2.06. The summed E-state index contributed by atoms with van der Waals surface area (Å²) in [6.07, 6.45) is 1.97. The highest BCUT2D eigenvalue weighted by atomic mass is 32.2. The third-order valence-corrected chi connectivity index (χ3v) is 4.21. The van der Waals surface area contributed by atoms with Gasteiger partial charge >= 0.3 is 0 Å². The molecule has 0 unspecified atom stereocenters. The number of benzene rings is 1. The van der Waals surface area contributed by atoms with Crippen molar-refractivity contribution in [3.63, 3.8) is 0 Å². The molecule has 1 atom stereocenters. The minimum absolute atomic E-state index is 0.116. The third-order valence-electron chi connectivity index (χ3n) is 2.94. The van der Waals surface area contributed by atoms with Gasteiger partial charge in [0.2, 0.25) is 10.0 Å². The summed E-state index contributed by atoms with van der Waals surface area (Å²) >= 11 is 0. The smallest absolute Gasteiger partial charge is 0.211 e. The highest BCUT2D eigenvalue weighted by molar-refractivity contribution is 7.88. The van der Waals surface area contributed by atoms with Gasteiger partial charge in [-0.15, -0.1) is 0 Å². The summed E-state index contributed by atoms with van der Waals surface area (Å²) < 4.78 is 37.1. The average molecular weight is 243 g/mol. The van der Waals surface area contributed by atoms with Gasteiger partial charge in [-0.2, -0.15) is 0 Å². The number of hydrogen-bond donors (Lipinski definition) is 0. The van der Waals surface area contributed by atoms with E-state index in [1.165, 1.54) is 22.7 Å². The molecule has 1 heterocycles. The van der Waals surface area contributed by atoms with Crippen LogP contribution >= 0.6 is 0 Å². The maximum atomic E-state index is 13.0. The van der Waals surface area contributed by atoms with Crippen LogP contribution in [0.2, 0.25) is 0 Å². The molecule has 0 aliphatic carbocycles. The molecule has 3 nitrogen and oxygen atoms in total. The van der Waals surface area contributed by atoms with Gasteiger partial charge in [0.15, 0.2) is 0 Å². The predicted octanol–water partition coefficient (Wildman–Crippen LogP) is 1.57. The Balaban J connectivity index is 2.15. The average Bonchev–Trinajstić information content (AvgIpc) is 2.65. The van der Waals surface area contributed by atoms with Gasteiger partial charge in [-0.3, -0.25) is 0 Å². The Hall–Kier alpha value is -0.940. The normalized spacial score (nSPS) is 22.5. The summed E-state index contributed by atoms with van der Waals surface area (Å²) in [5.41, 5.74) is 0.881. The molecule has 0 radical (unpaired) electrons. The van der Waals surface area contributed by atoms with E-state index < -0.39 is 10.0 Å². The third kappa shape index (κ3) is 2.41. The number of nitrogens with zero attached hydrogens (tertiary/aromatic N) is 1. The standard InChI is InChI=1S/C11H14FNO2S/c1-16(14,15)13-6-5-10(8-13)9-3-2-4-11(12)7-9/h2-4,7,10H,5-6,8H2,1H3/t10-/m0/s1. The van der Waals surface area contributed by atoms with Crippen molar-refractivity contribution < 1.29 is 12.8 Å². The maximum Gasteiger partial charge on any atom is 0.211 e. The molecule has 0 bridgehead atoms. The van der Waals surface area contributed by atoms with Gasteiger partial charge in [0, 0.05) is 13.1 Å². The second-order valence-electron chi connectivity index (χ2n) is 4.16. The largest absolute Gasteiger partial charge is 0.213 e. The van der Waals surface area contributed by atoms with E-state index in [1.807, 2.05) is 6.07 Å². The van der Waals surface area contributed by atoms with E-state index in [-0.39, 0.29) is 11.7 Å². The summed E-state index contributed by atoms with van der Waals surface area (Å²) in [6, 6.07) is 6.39. The Morgan fingerprint density at radius 3 is 2.75 bits per heavy atom. The number of rotatable bonds is 2. The van der Waals surface area contributed by atoms with Crippen LogP contribution in [0.4, 0.5) is 4.39 Å². The van der Waals surface area contributed by atoms with E-state index in [0.717, 1.165) is 12.0 Å². The molecular weight excluding hydrogens is 229 g/mol. The Morgan fingerprint density at radius 1 is 1.44 bits per heavy atom. The first-order chi connectivity index (χ1) is 7.47. The summed E-state index contributed by atoms with van der Waals surface area (Å²) in [5, 5.41) is 0. The van der Waals surface area contributed by atoms with Gasteiger partial charge in [-0.1, -0.05) is 12.1 Å². The molecule has 2 rings (SSSR count). The first-order valence-corrected chi connectivity index (χ1v) is 7.02. The number of hydrogen-bond acceptors (Lipinski definition) is 2. The molecule has 1 aromatic rings. The lowest BCUT2D eigenvalue weighted by Crippen LogP contribution is -2.27. The van der Waals surface area contributed by atoms with Crippen LogP contribution in [-0.4, -0.2) is 32.1 Å². The minimum Gasteiger partial charge on any atom is -0.213 e. The SMILES string of the molecule is CS(=O)(=O)N1CC[C@H](c2cccc(F)c2)C1. The minimum atomic E-state index is -3.11. The molecule has 0 N–H and O–H groups in total. The molecule has 1 aliphatic heterocycles. The molecule has 1 saturated heterocycles. The molecule has 5 heteroatoms. The van der Waals surface area contributed by atoms with Crippen molar-refractivity contribution in [1.29, 1.82) is 0 Å². The Labute approximate surface area is 94.9 Å². The summed E-state index contributed by atoms with van der Waals surface area (Å²) in [5.74, 6) is -0.152. The first kappa shape index (κ1) is 11.5. The molecule has 0 saturated carbocycles. The number of sulfonamides is 1. The lowest BCUT2D eigenvalue weighted by molar-refractivity contribution is 0.478. The van der Waals surface area contributed by atoms with Crippen LogP contribution < -0.4 is 0 Å². The van der Waals surface area contributed by atoms with Gasteiger partial charge < -0.3 is 0 Å². The van der Waals surface area contributed by atoms with Crippen molar-refractivity contribution in [2.75, 3.05) is 19.3 Å². The molecule has 0 amide bonds. The van der Waals surface area contributed by atoms with Gasteiger partial charge in [-0.05, 0) is 30.0 Å². The zero-order valence-electron chi connectivity index (χ0n) is 9.06. The fraction of sp³-hybridized carbons (Fsp3) is 0.455. The molecule has 88 valence electrons. The zero-order valence-corrected chi connectivity index (χ0v) is 9.87. The van der Waals surface area contributed by atoms with E-state index in [9.17, 15) is 12.8 Å². The van der Waals surface area contributed by atoms with Crippen molar-refractivity contribution >= 4 is 10.0 Å². The van der Waals surface area contributed by atoms with Crippen molar-refractivity contribution in [3.05, 3.63) is 35.6 Å². The van der Waals surface area contributed by atoms with E-state index >= 15 is 0 Å². The molecule has 1 fully saturated rings. The highest BCUT2D eigenvalue weighted by Gasteiger charge is 2.29. The summed E-state index contributed by atoms with van der Waals surface area (Å²) in [4.78, 5) is 0. The van der Waals surface area contributed by atoms with E-state index in [1.54, 1.807) is 6.07 Å². The number of halogens is 1. The monoisotopic (exact) mass is 243 g/mol. The molecule has 16 heavy (non-hydrogen) atoms. The molecular formula is C11H14FNO2S. The van der Waals surface area contributed by atoms with Crippen LogP contribution in [0, 0.1) is 5.82 Å². The van der Waals surface area contributed by atoms with Crippen LogP contribution in [0.25, 0.3) is 0 Å². The van der Waals surface area contributed by atoms with Gasteiger partial charge in [0.05, 0.1) is 6.26 Å². The van der Waals surface area contributed by atoms with Crippen LogP contribution in [0.15, 0.2) is 24.3 Å². The van der Waals surface area contributed by atoms with E-state index in [2.05, 4.69) is 0 Å². The second-order valence-corrected chi connectivity index (χ2v) is 6.14. The zero-order chi connectivity index (χ0) is 11.8. The van der Waals surface area contributed by atoms with Crippen LogP contribution in [0.5, 0.6) is 0 Å². The predicted molar refractivity (Wildman–Crippen MR) is 60.2 cm³/mol. The lowest BCUT2D eigenvalue weighted by Gasteiger charge is -2.13. The van der Waals surface area contributed by atoms with Crippen LogP contribution in [0.3, 0.4) is 0 Å². The molecule has 0 aromatic heterocycles. The van der Waals surface area contributed by atoms with Crippen molar-refractivity contribution in [2.45, 2.75) is 12.3 Å². The first-order valence-electron chi connectivity index (χ1n) is 5.17. The fourth-order valence-corrected chi connectivity index (χ4v) is 2.95. The lowest BCUT2D eigenvalue weighted by atomic mass is 9.99.